The number of esters is 1. The molecule has 0 aliphatic heterocycles. The number of unbranched alkanes of at least 4 members (excludes halogenated alkanes) is 2. The molecule has 2 nitrogen and oxygen atoms in total. The summed E-state index contributed by atoms with van der Waals surface area (Å²) in [5, 5.41) is 2.40. The molecule has 3 heteroatoms. The van der Waals surface area contributed by atoms with Gasteiger partial charge in [0.2, 0.25) is 0 Å². The summed E-state index contributed by atoms with van der Waals surface area (Å²) in [4.78, 5) is 11.4. The molecule has 0 unspecified atom stereocenters. The Morgan fingerprint density at radius 1 is 1.20 bits per heavy atom. The summed E-state index contributed by atoms with van der Waals surface area (Å²) >= 11 is -1.11. The Morgan fingerprint density at radius 3 is 2.00 bits per heavy atom. The van der Waals surface area contributed by atoms with Gasteiger partial charge in [0.1, 0.15) is 0 Å². The largest absolute Gasteiger partial charge is 0.467 e. The molecule has 0 heterocycles. The predicted octanol–water partition coefficient (Wildman–Crippen LogP) is 3.35. The van der Waals surface area contributed by atoms with E-state index >= 15 is 0 Å². The fraction of sp³-hybridized carbons (Fsp3) is 0.750. The normalized spacial score (nSPS) is 9.80. The van der Waals surface area contributed by atoms with Crippen LogP contribution in [0, 0.1) is 0 Å². The van der Waals surface area contributed by atoms with E-state index in [1.165, 1.54) is 43.4 Å². The summed E-state index contributed by atoms with van der Waals surface area (Å²) in [5.41, 5.74) is 0. The first-order valence-electron chi connectivity index (χ1n) is 5.94. The fourth-order valence-corrected chi connectivity index (χ4v) is 4.93. The van der Waals surface area contributed by atoms with Crippen LogP contribution in [0.15, 0.2) is 11.0 Å². The summed E-state index contributed by atoms with van der Waals surface area (Å²) in [6.07, 6.45) is 4.83. The number of carbonyl (C=O) groups is 1. The first-order valence-corrected chi connectivity index (χ1v) is 8.15. The maximum absolute atomic E-state index is 11.4. The molecule has 0 aliphatic carbocycles. The SMILES string of the molecule is C=[C](C(=O)OC)[Al]([CH2]CCC)[CH2]CCC. The van der Waals surface area contributed by atoms with Crippen molar-refractivity contribution in [2.45, 2.75) is 50.1 Å². The van der Waals surface area contributed by atoms with Gasteiger partial charge in [0.05, 0.1) is 7.11 Å². The minimum Gasteiger partial charge on any atom is -0.467 e. The average Bonchev–Trinajstić information content (AvgIpc) is 2.27. The number of methoxy groups -OCH3 is 1. The lowest BCUT2D eigenvalue weighted by Gasteiger charge is -2.12. The van der Waals surface area contributed by atoms with E-state index in [9.17, 15) is 4.79 Å². The molecule has 0 bridgehead atoms. The van der Waals surface area contributed by atoms with Gasteiger partial charge < -0.3 is 4.74 Å². The molecule has 0 aromatic heterocycles. The molecular weight excluding hydrogens is 203 g/mol. The second kappa shape index (κ2) is 9.00. The van der Waals surface area contributed by atoms with E-state index in [4.69, 9.17) is 4.74 Å². The van der Waals surface area contributed by atoms with Crippen molar-refractivity contribution in [1.29, 1.82) is 0 Å². The van der Waals surface area contributed by atoms with Crippen molar-refractivity contribution in [3.05, 3.63) is 11.0 Å². The monoisotopic (exact) mass is 226 g/mol. The molecule has 0 radical (unpaired) electrons. The molecule has 0 N–H and O–H groups in total. The van der Waals surface area contributed by atoms with Crippen molar-refractivity contribution in [1.82, 2.24) is 0 Å². The van der Waals surface area contributed by atoms with Crippen LogP contribution in [0.4, 0.5) is 0 Å². The van der Waals surface area contributed by atoms with E-state index in [0.29, 0.717) is 0 Å². The molecule has 0 saturated carbocycles. The highest BCUT2D eigenvalue weighted by molar-refractivity contribution is 6.71. The second-order valence-corrected chi connectivity index (χ2v) is 7.24. The molecular formula is C12H23AlO2. The molecule has 0 fully saturated rings. The van der Waals surface area contributed by atoms with E-state index in [-0.39, 0.29) is 5.97 Å². The molecule has 0 saturated heterocycles. The lowest BCUT2D eigenvalue weighted by molar-refractivity contribution is -0.135. The van der Waals surface area contributed by atoms with E-state index in [1.807, 2.05) is 0 Å². The third-order valence-electron chi connectivity index (χ3n) is 2.75. The van der Waals surface area contributed by atoms with Gasteiger partial charge in [-0.15, -0.1) is 6.58 Å². The predicted molar refractivity (Wildman–Crippen MR) is 66.3 cm³/mol. The highest BCUT2D eigenvalue weighted by Gasteiger charge is 2.24. The van der Waals surface area contributed by atoms with Crippen LogP contribution >= 0.6 is 0 Å². The van der Waals surface area contributed by atoms with Crippen LogP contribution in [0.1, 0.15) is 39.5 Å². The van der Waals surface area contributed by atoms with Crippen molar-refractivity contribution in [3.63, 3.8) is 0 Å². The number of ether oxygens (including phenoxy) is 1. The van der Waals surface area contributed by atoms with Crippen LogP contribution in [0.3, 0.4) is 0 Å². The smallest absolute Gasteiger partial charge is 0.316 e. The van der Waals surface area contributed by atoms with Gasteiger partial charge in [0, 0.05) is 0 Å². The van der Waals surface area contributed by atoms with Crippen LogP contribution < -0.4 is 0 Å². The molecule has 86 valence electrons. The molecule has 0 rings (SSSR count). The van der Waals surface area contributed by atoms with Crippen LogP contribution in [0.5, 0.6) is 0 Å². The molecule has 0 aromatic carbocycles. The van der Waals surface area contributed by atoms with Gasteiger partial charge in [-0.25, -0.2) is 4.79 Å². The first kappa shape index (κ1) is 14.7. The maximum atomic E-state index is 11.4. The third kappa shape index (κ3) is 6.02. The number of hydrogen-bond donors (Lipinski definition) is 0. The Labute approximate surface area is 98.1 Å². The second-order valence-electron chi connectivity index (χ2n) is 4.00. The third-order valence-corrected chi connectivity index (χ3v) is 6.18. The molecule has 0 aromatic rings. The minimum absolute atomic E-state index is 0.182. The standard InChI is InChI=1S/C4H5O2.2C4H9.Al/c1-3-4(5)6-2;2*1-3-4-2;/h1H2,2H3;2*1,3-4H2,2H3;. The van der Waals surface area contributed by atoms with E-state index in [1.54, 1.807) is 0 Å². The van der Waals surface area contributed by atoms with Crippen molar-refractivity contribution < 1.29 is 9.53 Å². The molecule has 0 spiro atoms. The van der Waals surface area contributed by atoms with Gasteiger partial charge >= 0.3 is 20.1 Å². The quantitative estimate of drug-likeness (QED) is 0.360. The number of hydrogen-bond acceptors (Lipinski definition) is 2. The Balaban J connectivity index is 4.19. The topological polar surface area (TPSA) is 26.3 Å². The fourth-order valence-electron chi connectivity index (χ4n) is 1.69. The zero-order valence-electron chi connectivity index (χ0n) is 10.3. The van der Waals surface area contributed by atoms with Crippen molar-refractivity contribution >= 4 is 20.1 Å². The average molecular weight is 226 g/mol. The lowest BCUT2D eigenvalue weighted by Crippen LogP contribution is -2.22. The summed E-state index contributed by atoms with van der Waals surface area (Å²) in [6, 6.07) is 0. The van der Waals surface area contributed by atoms with Crippen molar-refractivity contribution in [2.24, 2.45) is 0 Å². The summed E-state index contributed by atoms with van der Waals surface area (Å²) in [6.45, 7) is 8.29. The van der Waals surface area contributed by atoms with Crippen LogP contribution in [-0.2, 0) is 9.53 Å². The van der Waals surface area contributed by atoms with Crippen LogP contribution in [-0.4, -0.2) is 27.2 Å². The summed E-state index contributed by atoms with van der Waals surface area (Å²) in [7, 11) is 1.44. The van der Waals surface area contributed by atoms with Gasteiger partial charge in [-0.2, -0.15) is 0 Å². The zero-order valence-corrected chi connectivity index (χ0v) is 11.5. The van der Waals surface area contributed by atoms with Gasteiger partial charge in [-0.05, 0) is 4.44 Å². The molecule has 15 heavy (non-hydrogen) atoms. The Bertz CT molecular complexity index is 194. The van der Waals surface area contributed by atoms with Gasteiger partial charge in [0.15, 0.2) is 0 Å². The molecule has 0 amide bonds. The van der Waals surface area contributed by atoms with E-state index in [2.05, 4.69) is 20.4 Å². The zero-order chi connectivity index (χ0) is 11.7. The Hall–Kier alpha value is -0.258. The summed E-state index contributed by atoms with van der Waals surface area (Å²) < 4.78 is 5.54. The van der Waals surface area contributed by atoms with Gasteiger partial charge in [-0.1, -0.05) is 50.1 Å². The van der Waals surface area contributed by atoms with Crippen molar-refractivity contribution in [2.75, 3.05) is 7.11 Å². The van der Waals surface area contributed by atoms with Crippen molar-refractivity contribution in [3.8, 4) is 0 Å². The van der Waals surface area contributed by atoms with E-state index in [0.717, 1.165) is 4.44 Å². The molecule has 0 aliphatic rings. The highest BCUT2D eigenvalue weighted by atomic mass is 27.2. The number of carbonyl (C=O) groups excluding carboxylic acids is 1. The molecule has 0 atom stereocenters. The van der Waals surface area contributed by atoms with Crippen LogP contribution in [0.25, 0.3) is 0 Å². The van der Waals surface area contributed by atoms with E-state index < -0.39 is 14.1 Å². The summed E-state index contributed by atoms with van der Waals surface area (Å²) in [5.74, 6) is -0.182. The highest BCUT2D eigenvalue weighted by Crippen LogP contribution is 2.16. The van der Waals surface area contributed by atoms with Gasteiger partial charge in [-0.3, -0.25) is 0 Å². The Kier molecular flexibility index (Phi) is 8.85. The first-order chi connectivity index (χ1) is 7.17. The number of rotatable bonds is 8. The Morgan fingerprint density at radius 2 is 1.67 bits per heavy atom. The van der Waals surface area contributed by atoms with Gasteiger partial charge in [0.25, 0.3) is 0 Å². The maximum Gasteiger partial charge on any atom is 0.316 e. The lowest BCUT2D eigenvalue weighted by atomic mass is 10.4. The minimum atomic E-state index is -1.11. The van der Waals surface area contributed by atoms with Crippen LogP contribution in [0.2, 0.25) is 10.6 Å².